The monoisotopic (exact) mass is 448 g/mol. The maximum absolute atomic E-state index is 11.7. The Kier molecular flexibility index (Phi) is 7.87. The van der Waals surface area contributed by atoms with Crippen LogP contribution in [0.2, 0.25) is 0 Å². The molecule has 0 aliphatic heterocycles. The first-order valence-electron chi connectivity index (χ1n) is 11.1. The molecule has 0 spiro atoms. The molecule has 0 fully saturated rings. The van der Waals surface area contributed by atoms with Gasteiger partial charge in [0.05, 0.1) is 13.3 Å². The van der Waals surface area contributed by atoms with E-state index in [1.54, 1.807) is 13.3 Å². The average molecular weight is 449 g/mol. The fourth-order valence-corrected chi connectivity index (χ4v) is 3.26. The topological polar surface area (TPSA) is 88.6 Å². The molecule has 33 heavy (non-hydrogen) atoms. The van der Waals surface area contributed by atoms with Crippen molar-refractivity contribution >= 4 is 12.2 Å². The number of nitrogens with one attached hydrogen (secondary N) is 2. The number of H-pyrrole nitrogens is 1. The van der Waals surface area contributed by atoms with E-state index in [2.05, 4.69) is 65.5 Å². The summed E-state index contributed by atoms with van der Waals surface area (Å²) in [5, 5.41) is 4.18. The molecule has 0 unspecified atom stereocenters. The first-order chi connectivity index (χ1) is 15.8. The van der Waals surface area contributed by atoms with Crippen molar-refractivity contribution in [3.63, 3.8) is 0 Å². The van der Waals surface area contributed by atoms with E-state index in [9.17, 15) is 4.79 Å². The van der Waals surface area contributed by atoms with Gasteiger partial charge in [0.2, 0.25) is 5.95 Å². The van der Waals surface area contributed by atoms with Gasteiger partial charge in [-0.2, -0.15) is 5.10 Å². The number of hydrazone groups is 1. The SMILES string of the molecule is CCCc1cc(=O)[nH]c(N/N=C/c2ccc(OCc3ccc(C(C)(C)C)cc3)c(OC)c2)n1. The second-order valence-electron chi connectivity index (χ2n) is 8.85. The summed E-state index contributed by atoms with van der Waals surface area (Å²) < 4.78 is 11.5. The molecule has 3 rings (SSSR count). The summed E-state index contributed by atoms with van der Waals surface area (Å²) in [4.78, 5) is 18.7. The summed E-state index contributed by atoms with van der Waals surface area (Å²) in [5.41, 5.74) is 6.62. The lowest BCUT2D eigenvalue weighted by molar-refractivity contribution is 0.284. The first-order valence-corrected chi connectivity index (χ1v) is 11.1. The molecule has 1 aromatic heterocycles. The zero-order valence-corrected chi connectivity index (χ0v) is 19.9. The van der Waals surface area contributed by atoms with Gasteiger partial charge in [0, 0.05) is 11.8 Å². The van der Waals surface area contributed by atoms with Crippen LogP contribution >= 0.6 is 0 Å². The lowest BCUT2D eigenvalue weighted by Gasteiger charge is -2.19. The van der Waals surface area contributed by atoms with Crippen molar-refractivity contribution in [3.05, 3.63) is 81.3 Å². The van der Waals surface area contributed by atoms with Gasteiger partial charge < -0.3 is 9.47 Å². The summed E-state index contributed by atoms with van der Waals surface area (Å²) in [6.07, 6.45) is 3.28. The van der Waals surface area contributed by atoms with Crippen molar-refractivity contribution in [2.24, 2.45) is 5.10 Å². The third kappa shape index (κ3) is 6.94. The van der Waals surface area contributed by atoms with E-state index in [4.69, 9.17) is 9.47 Å². The molecule has 0 aliphatic rings. The number of anilines is 1. The molecular formula is C26H32N4O3. The molecule has 2 N–H and O–H groups in total. The van der Waals surface area contributed by atoms with Gasteiger partial charge in [-0.25, -0.2) is 10.4 Å². The minimum Gasteiger partial charge on any atom is -0.493 e. The number of nitrogens with zero attached hydrogens (tertiary/aromatic N) is 2. The van der Waals surface area contributed by atoms with E-state index < -0.39 is 0 Å². The summed E-state index contributed by atoms with van der Waals surface area (Å²) in [5.74, 6) is 1.58. The molecule has 7 heteroatoms. The predicted octanol–water partition coefficient (Wildman–Crippen LogP) is 5.05. The van der Waals surface area contributed by atoms with Gasteiger partial charge >= 0.3 is 0 Å². The molecule has 7 nitrogen and oxygen atoms in total. The van der Waals surface area contributed by atoms with Crippen molar-refractivity contribution in [2.75, 3.05) is 12.5 Å². The Balaban J connectivity index is 1.64. The number of hydrogen-bond acceptors (Lipinski definition) is 6. The molecular weight excluding hydrogens is 416 g/mol. The molecule has 0 saturated heterocycles. The molecule has 2 aromatic carbocycles. The molecule has 0 radical (unpaired) electrons. The van der Waals surface area contributed by atoms with Gasteiger partial charge in [0.1, 0.15) is 6.61 Å². The Morgan fingerprint density at radius 3 is 2.52 bits per heavy atom. The Labute approximate surface area is 194 Å². The highest BCUT2D eigenvalue weighted by molar-refractivity contribution is 5.81. The Morgan fingerprint density at radius 1 is 1.09 bits per heavy atom. The van der Waals surface area contributed by atoms with Gasteiger partial charge in [0.25, 0.3) is 5.56 Å². The van der Waals surface area contributed by atoms with Crippen molar-refractivity contribution in [1.82, 2.24) is 9.97 Å². The van der Waals surface area contributed by atoms with E-state index in [1.807, 2.05) is 25.1 Å². The van der Waals surface area contributed by atoms with Gasteiger partial charge in [-0.15, -0.1) is 0 Å². The van der Waals surface area contributed by atoms with Gasteiger partial charge in [-0.1, -0.05) is 58.4 Å². The fraction of sp³-hybridized carbons (Fsp3) is 0.346. The molecule has 174 valence electrons. The summed E-state index contributed by atoms with van der Waals surface area (Å²) >= 11 is 0. The summed E-state index contributed by atoms with van der Waals surface area (Å²) in [6.45, 7) is 9.08. The van der Waals surface area contributed by atoms with E-state index in [0.717, 1.165) is 29.7 Å². The lowest BCUT2D eigenvalue weighted by atomic mass is 9.87. The van der Waals surface area contributed by atoms with Gasteiger partial charge in [0.15, 0.2) is 11.5 Å². The zero-order valence-electron chi connectivity index (χ0n) is 19.9. The zero-order chi connectivity index (χ0) is 23.8. The third-order valence-electron chi connectivity index (χ3n) is 5.09. The van der Waals surface area contributed by atoms with Crippen LogP contribution in [0.1, 0.15) is 56.5 Å². The highest BCUT2D eigenvalue weighted by atomic mass is 16.5. The van der Waals surface area contributed by atoms with E-state index in [-0.39, 0.29) is 11.0 Å². The number of hydrogen-bond donors (Lipinski definition) is 2. The van der Waals surface area contributed by atoms with Crippen LogP contribution in [0.5, 0.6) is 11.5 Å². The van der Waals surface area contributed by atoms with E-state index in [1.165, 1.54) is 11.6 Å². The quantitative estimate of drug-likeness (QED) is 0.353. The van der Waals surface area contributed by atoms with Crippen LogP contribution in [0.15, 0.2) is 58.4 Å². The van der Waals surface area contributed by atoms with Crippen LogP contribution in [-0.2, 0) is 18.4 Å². The van der Waals surface area contributed by atoms with Crippen molar-refractivity contribution < 1.29 is 9.47 Å². The van der Waals surface area contributed by atoms with E-state index in [0.29, 0.717) is 24.1 Å². The molecule has 0 aliphatic carbocycles. The van der Waals surface area contributed by atoms with E-state index >= 15 is 0 Å². The van der Waals surface area contributed by atoms with Crippen molar-refractivity contribution in [1.29, 1.82) is 0 Å². The van der Waals surface area contributed by atoms with Crippen LogP contribution in [0.4, 0.5) is 5.95 Å². The Hall–Kier alpha value is -3.61. The smallest absolute Gasteiger partial charge is 0.252 e. The highest BCUT2D eigenvalue weighted by Gasteiger charge is 2.13. The highest BCUT2D eigenvalue weighted by Crippen LogP contribution is 2.29. The van der Waals surface area contributed by atoms with Gasteiger partial charge in [-0.3, -0.25) is 9.78 Å². The van der Waals surface area contributed by atoms with Crippen LogP contribution in [0.3, 0.4) is 0 Å². The Morgan fingerprint density at radius 2 is 1.85 bits per heavy atom. The number of aromatic amines is 1. The lowest BCUT2D eigenvalue weighted by Crippen LogP contribution is -2.12. The minimum absolute atomic E-state index is 0.124. The number of methoxy groups -OCH3 is 1. The maximum Gasteiger partial charge on any atom is 0.252 e. The molecule has 3 aromatic rings. The molecule has 0 bridgehead atoms. The fourth-order valence-electron chi connectivity index (χ4n) is 3.26. The average Bonchev–Trinajstić information content (AvgIpc) is 2.77. The largest absolute Gasteiger partial charge is 0.493 e. The normalized spacial score (nSPS) is 11.5. The van der Waals surface area contributed by atoms with Gasteiger partial charge in [-0.05, 0) is 46.7 Å². The number of aryl methyl sites for hydroxylation is 1. The maximum atomic E-state index is 11.7. The molecule has 0 amide bonds. The third-order valence-corrected chi connectivity index (χ3v) is 5.09. The Bertz CT molecular complexity index is 1150. The standard InChI is InChI=1S/C26H32N4O3/c1-6-7-21-15-24(31)29-25(28-21)30-27-16-19-10-13-22(23(14-19)32-5)33-17-18-8-11-20(12-9-18)26(2,3)4/h8-16H,6-7,17H2,1-5H3,(H2,28,29,30,31)/b27-16+. The second kappa shape index (κ2) is 10.8. The summed E-state index contributed by atoms with van der Waals surface area (Å²) in [7, 11) is 1.60. The van der Waals surface area contributed by atoms with Crippen LogP contribution in [0.25, 0.3) is 0 Å². The predicted molar refractivity (Wildman–Crippen MR) is 133 cm³/mol. The molecule has 0 saturated carbocycles. The number of benzene rings is 2. The number of ether oxygens (including phenoxy) is 2. The van der Waals surface area contributed by atoms with Crippen molar-refractivity contribution in [3.8, 4) is 11.5 Å². The van der Waals surface area contributed by atoms with Crippen molar-refractivity contribution in [2.45, 2.75) is 52.6 Å². The second-order valence-corrected chi connectivity index (χ2v) is 8.85. The molecule has 1 heterocycles. The van der Waals surface area contributed by atoms with Crippen LogP contribution < -0.4 is 20.5 Å². The minimum atomic E-state index is -0.206. The number of rotatable bonds is 9. The number of aromatic nitrogens is 2. The first kappa shape index (κ1) is 24.0. The summed E-state index contributed by atoms with van der Waals surface area (Å²) in [6, 6.07) is 15.5. The van der Waals surface area contributed by atoms with Crippen LogP contribution in [0, 0.1) is 0 Å². The van der Waals surface area contributed by atoms with Crippen LogP contribution in [-0.4, -0.2) is 23.3 Å². The molecule has 0 atom stereocenters.